The van der Waals surface area contributed by atoms with Crippen molar-refractivity contribution in [1.82, 2.24) is 5.43 Å². The van der Waals surface area contributed by atoms with Crippen LogP contribution < -0.4 is 14.9 Å². The van der Waals surface area contributed by atoms with E-state index < -0.39 is 5.97 Å². The highest BCUT2D eigenvalue weighted by Gasteiger charge is 2.19. The van der Waals surface area contributed by atoms with Gasteiger partial charge in [0, 0.05) is 10.1 Å². The van der Waals surface area contributed by atoms with Crippen molar-refractivity contribution in [2.75, 3.05) is 7.11 Å². The molecule has 9 heteroatoms. The second-order valence-electron chi connectivity index (χ2n) is 6.24. The number of hydrogen-bond acceptors (Lipinski definition) is 7. The minimum atomic E-state index is -0.533. The van der Waals surface area contributed by atoms with Gasteiger partial charge in [0.05, 0.1) is 23.2 Å². The van der Waals surface area contributed by atoms with Crippen molar-refractivity contribution in [1.29, 1.82) is 0 Å². The normalized spacial score (nSPS) is 11.0. The summed E-state index contributed by atoms with van der Waals surface area (Å²) >= 11 is 8.96. The average Bonchev–Trinajstić information content (AvgIpc) is 3.43. The van der Waals surface area contributed by atoms with E-state index in [-0.39, 0.29) is 5.91 Å². The van der Waals surface area contributed by atoms with E-state index in [1.54, 1.807) is 49.6 Å². The predicted molar refractivity (Wildman–Crippen MR) is 124 cm³/mol. The molecular weight excluding hydrogens is 456 g/mol. The third-order valence-corrected chi connectivity index (χ3v) is 6.74. The van der Waals surface area contributed by atoms with Crippen LogP contribution in [0.1, 0.15) is 24.9 Å². The molecule has 2 aromatic heterocycles. The van der Waals surface area contributed by atoms with Crippen molar-refractivity contribution >= 4 is 62.5 Å². The maximum absolute atomic E-state index is 12.6. The number of hydrazone groups is 1. The zero-order valence-corrected chi connectivity index (χ0v) is 18.5. The van der Waals surface area contributed by atoms with Crippen molar-refractivity contribution in [3.05, 3.63) is 80.3 Å². The molecule has 31 heavy (non-hydrogen) atoms. The zero-order valence-electron chi connectivity index (χ0n) is 16.1. The summed E-state index contributed by atoms with van der Waals surface area (Å²) in [6.07, 6.45) is 1.51. The van der Waals surface area contributed by atoms with E-state index in [9.17, 15) is 9.59 Å². The largest absolute Gasteiger partial charge is 0.497 e. The van der Waals surface area contributed by atoms with Crippen LogP contribution in [-0.4, -0.2) is 25.2 Å². The predicted octanol–water partition coefficient (Wildman–Crippen LogP) is 5.61. The Hall–Kier alpha value is -3.20. The first-order valence-corrected chi connectivity index (χ1v) is 11.1. The van der Waals surface area contributed by atoms with Gasteiger partial charge in [-0.2, -0.15) is 5.10 Å². The van der Waals surface area contributed by atoms with Crippen molar-refractivity contribution in [2.45, 2.75) is 0 Å². The van der Waals surface area contributed by atoms with E-state index in [0.29, 0.717) is 26.3 Å². The topological polar surface area (TPSA) is 77.0 Å². The van der Waals surface area contributed by atoms with E-state index in [0.717, 1.165) is 15.6 Å². The number of benzene rings is 2. The Kier molecular flexibility index (Phi) is 6.31. The van der Waals surface area contributed by atoms with Crippen molar-refractivity contribution < 1.29 is 19.1 Å². The Morgan fingerprint density at radius 3 is 2.58 bits per heavy atom. The van der Waals surface area contributed by atoms with Crippen LogP contribution in [0.2, 0.25) is 5.02 Å². The summed E-state index contributed by atoms with van der Waals surface area (Å²) in [5.41, 5.74) is 3.20. The Labute approximate surface area is 190 Å². The van der Waals surface area contributed by atoms with Crippen LogP contribution in [0, 0.1) is 0 Å². The van der Waals surface area contributed by atoms with Crippen LogP contribution in [-0.2, 0) is 0 Å². The van der Waals surface area contributed by atoms with Crippen molar-refractivity contribution in [2.24, 2.45) is 5.10 Å². The molecule has 1 N–H and O–H groups in total. The molecule has 4 rings (SSSR count). The number of thiophene rings is 2. The van der Waals surface area contributed by atoms with Crippen LogP contribution in [0.3, 0.4) is 0 Å². The first-order valence-electron chi connectivity index (χ1n) is 9.00. The number of nitrogens with one attached hydrogen (secondary N) is 1. The maximum atomic E-state index is 12.6. The monoisotopic (exact) mass is 470 g/mol. The average molecular weight is 471 g/mol. The van der Waals surface area contributed by atoms with Gasteiger partial charge in [0.25, 0.3) is 5.91 Å². The molecule has 0 unspecified atom stereocenters. The molecule has 0 aliphatic heterocycles. The number of rotatable bonds is 6. The van der Waals surface area contributed by atoms with Gasteiger partial charge in [-0.05, 0) is 59.5 Å². The molecule has 0 saturated heterocycles. The number of fused-ring (bicyclic) bond motifs is 1. The molecule has 0 radical (unpaired) electrons. The molecule has 4 aromatic rings. The van der Waals surface area contributed by atoms with E-state index in [1.165, 1.54) is 28.9 Å². The quantitative estimate of drug-likeness (QED) is 0.172. The standard InChI is InChI=1S/C22H15ClN2O4S2/c1-28-15-8-9-16-18(11-15)31-20(19(16)23)22(27)29-14-6-4-13(5-7-14)12-24-25-21(26)17-3-2-10-30-17/h2-12H,1H3,(H,25,26). The summed E-state index contributed by atoms with van der Waals surface area (Å²) < 4.78 is 11.5. The van der Waals surface area contributed by atoms with E-state index in [2.05, 4.69) is 10.5 Å². The van der Waals surface area contributed by atoms with Gasteiger partial charge in [0.2, 0.25) is 0 Å². The molecular formula is C22H15ClN2O4S2. The number of hydrogen-bond donors (Lipinski definition) is 1. The Morgan fingerprint density at radius 2 is 1.87 bits per heavy atom. The van der Waals surface area contributed by atoms with Crippen LogP contribution in [0.15, 0.2) is 65.1 Å². The molecule has 0 fully saturated rings. The third kappa shape index (κ3) is 4.77. The lowest BCUT2D eigenvalue weighted by Crippen LogP contribution is -2.16. The maximum Gasteiger partial charge on any atom is 0.355 e. The van der Waals surface area contributed by atoms with Gasteiger partial charge in [0.1, 0.15) is 16.4 Å². The number of halogens is 1. The van der Waals surface area contributed by atoms with Crippen LogP contribution in [0.4, 0.5) is 0 Å². The first-order chi connectivity index (χ1) is 15.0. The Morgan fingerprint density at radius 1 is 1.10 bits per heavy atom. The first kappa shape index (κ1) is 21.0. The van der Waals surface area contributed by atoms with Crippen LogP contribution in [0.25, 0.3) is 10.1 Å². The third-order valence-electron chi connectivity index (χ3n) is 4.24. The SMILES string of the molecule is COc1ccc2c(Cl)c(C(=O)Oc3ccc(C=NNC(=O)c4cccs4)cc3)sc2c1. The summed E-state index contributed by atoms with van der Waals surface area (Å²) in [6.45, 7) is 0. The summed E-state index contributed by atoms with van der Waals surface area (Å²) in [6, 6.07) is 15.7. The minimum absolute atomic E-state index is 0.269. The summed E-state index contributed by atoms with van der Waals surface area (Å²) in [5, 5.41) is 6.89. The lowest BCUT2D eigenvalue weighted by atomic mass is 10.2. The highest BCUT2D eigenvalue weighted by molar-refractivity contribution is 7.21. The van der Waals surface area contributed by atoms with Crippen LogP contribution >= 0.6 is 34.3 Å². The summed E-state index contributed by atoms with van der Waals surface area (Å²) in [4.78, 5) is 25.4. The van der Waals surface area contributed by atoms with E-state index in [1.807, 2.05) is 17.5 Å². The Bertz CT molecular complexity index is 1260. The molecule has 0 spiro atoms. The lowest BCUT2D eigenvalue weighted by Gasteiger charge is -2.03. The number of carbonyl (C=O) groups excluding carboxylic acids is 2. The molecule has 2 heterocycles. The molecule has 0 saturated carbocycles. The second kappa shape index (κ2) is 9.30. The number of carbonyl (C=O) groups is 2. The van der Waals surface area contributed by atoms with Gasteiger partial charge >= 0.3 is 5.97 Å². The molecule has 0 bridgehead atoms. The van der Waals surface area contributed by atoms with Gasteiger partial charge in [-0.3, -0.25) is 4.79 Å². The van der Waals surface area contributed by atoms with E-state index >= 15 is 0 Å². The molecule has 1 amide bonds. The number of esters is 1. The molecule has 156 valence electrons. The highest BCUT2D eigenvalue weighted by atomic mass is 35.5. The van der Waals surface area contributed by atoms with Gasteiger partial charge in [-0.1, -0.05) is 17.7 Å². The highest BCUT2D eigenvalue weighted by Crippen LogP contribution is 2.37. The molecule has 2 aromatic carbocycles. The van der Waals surface area contributed by atoms with Crippen molar-refractivity contribution in [3.63, 3.8) is 0 Å². The molecule has 0 aliphatic carbocycles. The minimum Gasteiger partial charge on any atom is -0.497 e. The fourth-order valence-corrected chi connectivity index (χ4v) is 4.73. The van der Waals surface area contributed by atoms with E-state index in [4.69, 9.17) is 21.1 Å². The van der Waals surface area contributed by atoms with Crippen LogP contribution in [0.5, 0.6) is 11.5 Å². The second-order valence-corrected chi connectivity index (χ2v) is 8.62. The number of nitrogens with zero attached hydrogens (tertiary/aromatic N) is 1. The fourth-order valence-electron chi connectivity index (χ4n) is 2.71. The lowest BCUT2D eigenvalue weighted by molar-refractivity contribution is 0.0739. The molecule has 0 aliphatic rings. The van der Waals surface area contributed by atoms with Gasteiger partial charge < -0.3 is 9.47 Å². The number of ether oxygens (including phenoxy) is 2. The van der Waals surface area contributed by atoms with Gasteiger partial charge in [-0.25, -0.2) is 10.2 Å². The number of methoxy groups -OCH3 is 1. The zero-order chi connectivity index (χ0) is 21.8. The van der Waals surface area contributed by atoms with Gasteiger partial charge in [-0.15, -0.1) is 22.7 Å². The molecule has 6 nitrogen and oxygen atoms in total. The summed E-state index contributed by atoms with van der Waals surface area (Å²) in [5.74, 6) is 0.259. The number of amides is 1. The molecule has 0 atom stereocenters. The Balaban J connectivity index is 1.41. The summed E-state index contributed by atoms with van der Waals surface area (Å²) in [7, 11) is 1.58. The smallest absolute Gasteiger partial charge is 0.355 e. The van der Waals surface area contributed by atoms with Gasteiger partial charge in [0.15, 0.2) is 0 Å². The van der Waals surface area contributed by atoms with Crippen molar-refractivity contribution in [3.8, 4) is 11.5 Å². The fraction of sp³-hybridized carbons (Fsp3) is 0.0455.